The van der Waals surface area contributed by atoms with Crippen LogP contribution in [0.1, 0.15) is 93.3 Å². The largest absolute Gasteiger partial charge is 0.493 e. The first kappa shape index (κ1) is 37.6. The summed E-state index contributed by atoms with van der Waals surface area (Å²) in [7, 11) is 0. The van der Waals surface area contributed by atoms with Gasteiger partial charge in [0.05, 0.1) is 39.8 Å². The molecule has 0 bridgehead atoms. The molecule has 2 aromatic carbocycles. The van der Waals surface area contributed by atoms with Gasteiger partial charge in [-0.3, -0.25) is 19.2 Å². The number of ketones is 2. The van der Waals surface area contributed by atoms with Crippen molar-refractivity contribution in [3.63, 3.8) is 0 Å². The number of para-hydroxylation sites is 1. The van der Waals surface area contributed by atoms with Gasteiger partial charge in [0.25, 0.3) is 0 Å². The minimum absolute atomic E-state index is 0.00494. The van der Waals surface area contributed by atoms with Crippen LogP contribution in [0.5, 0.6) is 5.75 Å². The highest BCUT2D eigenvalue weighted by molar-refractivity contribution is 7.18. The third-order valence-electron chi connectivity index (χ3n) is 10.1. The molecule has 270 valence electrons. The fraction of sp³-hybridized carbons (Fsp3) is 0.564. The number of unbranched alkanes of at least 4 members (excludes halogenated alkanes) is 1. The Bertz CT molecular complexity index is 1620. The number of carbonyl (C=O) groups is 4. The van der Waals surface area contributed by atoms with E-state index in [9.17, 15) is 19.2 Å². The van der Waals surface area contributed by atoms with Crippen LogP contribution < -0.4 is 26.4 Å². The fourth-order valence-electron chi connectivity index (χ4n) is 7.09. The van der Waals surface area contributed by atoms with Gasteiger partial charge in [-0.1, -0.05) is 37.6 Å². The Hall–Kier alpha value is -3.67. The lowest BCUT2D eigenvalue weighted by Gasteiger charge is -2.30. The molecule has 5 rings (SSSR count). The second kappa shape index (κ2) is 18.5. The van der Waals surface area contributed by atoms with Crippen LogP contribution in [0.4, 0.5) is 0 Å². The predicted octanol–water partition coefficient (Wildman–Crippen LogP) is 5.35. The molecule has 1 saturated heterocycles. The molecule has 0 radical (unpaired) electrons. The average molecular weight is 704 g/mol. The van der Waals surface area contributed by atoms with Crippen LogP contribution in [-0.4, -0.2) is 60.6 Å². The average Bonchev–Trinajstić information content (AvgIpc) is 3.52. The van der Waals surface area contributed by atoms with Crippen LogP contribution in [0, 0.1) is 24.7 Å². The van der Waals surface area contributed by atoms with E-state index < -0.39 is 17.9 Å². The third kappa shape index (κ3) is 10.4. The highest BCUT2D eigenvalue weighted by atomic mass is 32.1. The summed E-state index contributed by atoms with van der Waals surface area (Å²) in [4.78, 5) is 59.7. The molecule has 1 fully saturated rings. The molecule has 50 heavy (non-hydrogen) atoms. The Labute approximate surface area is 299 Å². The first-order valence-corrected chi connectivity index (χ1v) is 19.2. The number of ether oxygens (including phenoxy) is 1. The number of rotatable bonds is 18. The zero-order chi connectivity index (χ0) is 35.5. The number of aryl methyl sites for hydroxylation is 1. The van der Waals surface area contributed by atoms with Crippen LogP contribution in [0.2, 0.25) is 0 Å². The van der Waals surface area contributed by atoms with E-state index in [4.69, 9.17) is 15.5 Å². The Balaban J connectivity index is 1.33. The molecule has 2 aliphatic rings. The Morgan fingerprint density at radius 1 is 1.02 bits per heavy atom. The third-order valence-corrected chi connectivity index (χ3v) is 11.1. The zero-order valence-electron chi connectivity index (χ0n) is 29.5. The van der Waals surface area contributed by atoms with Crippen molar-refractivity contribution < 1.29 is 23.9 Å². The number of piperidine rings is 1. The number of nitrogens with one attached hydrogen (secondary N) is 3. The van der Waals surface area contributed by atoms with Gasteiger partial charge < -0.3 is 26.4 Å². The lowest BCUT2D eigenvalue weighted by molar-refractivity contribution is -0.134. The van der Waals surface area contributed by atoms with Gasteiger partial charge in [0, 0.05) is 43.6 Å². The molecule has 2 aliphatic heterocycles. The predicted molar refractivity (Wildman–Crippen MR) is 197 cm³/mol. The number of hydrogen-bond acceptors (Lipinski definition) is 9. The number of carbonyl (C=O) groups excluding carboxylic acids is 4. The summed E-state index contributed by atoms with van der Waals surface area (Å²) in [6, 6.07) is 12.8. The van der Waals surface area contributed by atoms with Gasteiger partial charge in [0.2, 0.25) is 11.8 Å². The number of Topliss-reactive ketones (excluding diaryl/α,β-unsaturated/α-hetero) is 2. The van der Waals surface area contributed by atoms with Crippen LogP contribution in [0.25, 0.3) is 10.2 Å². The Morgan fingerprint density at radius 3 is 2.60 bits per heavy atom. The molecular weight excluding hydrogens is 651 g/mol. The van der Waals surface area contributed by atoms with E-state index in [2.05, 4.69) is 22.0 Å². The number of nitrogens with two attached hydrogens (primary N) is 1. The number of amides is 2. The van der Waals surface area contributed by atoms with Crippen molar-refractivity contribution in [2.24, 2.45) is 23.5 Å². The summed E-state index contributed by atoms with van der Waals surface area (Å²) in [5.74, 6) is -0.801. The van der Waals surface area contributed by atoms with Crippen LogP contribution in [0.15, 0.2) is 42.5 Å². The second-order valence-corrected chi connectivity index (χ2v) is 15.1. The molecule has 0 spiro atoms. The minimum Gasteiger partial charge on any atom is -0.493 e. The molecule has 0 aliphatic carbocycles. The summed E-state index contributed by atoms with van der Waals surface area (Å²) < 4.78 is 6.84. The molecule has 5 N–H and O–H groups in total. The molecule has 0 unspecified atom stereocenters. The number of hydrogen-bond donors (Lipinski definition) is 4. The number of nitrogens with zero attached hydrogens (tertiary/aromatic N) is 1. The quantitative estimate of drug-likeness (QED) is 0.129. The van der Waals surface area contributed by atoms with Crippen LogP contribution >= 0.6 is 11.3 Å². The maximum atomic E-state index is 14.3. The molecule has 10 nitrogen and oxygen atoms in total. The monoisotopic (exact) mass is 703 g/mol. The summed E-state index contributed by atoms with van der Waals surface area (Å²) in [5, 5.41) is 10.5. The van der Waals surface area contributed by atoms with Gasteiger partial charge >= 0.3 is 0 Å². The molecule has 3 aromatic rings. The smallest absolute Gasteiger partial charge is 0.224 e. The number of benzene rings is 2. The molecule has 3 heterocycles. The van der Waals surface area contributed by atoms with E-state index in [0.29, 0.717) is 45.3 Å². The van der Waals surface area contributed by atoms with E-state index in [1.165, 1.54) is 11.3 Å². The summed E-state index contributed by atoms with van der Waals surface area (Å²) >= 11 is 1.54. The maximum Gasteiger partial charge on any atom is 0.224 e. The second-order valence-electron chi connectivity index (χ2n) is 14.0. The van der Waals surface area contributed by atoms with Crippen LogP contribution in [0.3, 0.4) is 0 Å². The van der Waals surface area contributed by atoms with E-state index in [1.807, 2.05) is 43.3 Å². The lowest BCUT2D eigenvalue weighted by Crippen LogP contribution is -2.47. The summed E-state index contributed by atoms with van der Waals surface area (Å²) in [6.07, 6.45) is 5.73. The zero-order valence-corrected chi connectivity index (χ0v) is 30.3. The number of aromatic nitrogens is 1. The van der Waals surface area contributed by atoms with Gasteiger partial charge in [0.15, 0.2) is 5.78 Å². The molecular formula is C39H53N5O5S. The minimum atomic E-state index is -0.753. The normalized spacial score (nSPS) is 18.0. The standard InChI is InChI=1S/C39H53N5O5S/c1-3-29(45)22-28(24-37-42-32-12-11-25(2)20-36(32)50-37)39(48)44-33(21-26-13-17-41-18-14-26)34(46)23-27(8-6-7-16-40)38(47)43-31-15-19-49-35-10-5-4-9-30(31)35/h4-5,9-12,20,26-28,31,33,41H,3,6-8,13-19,21-24,40H2,1-2H3,(H,43,47)(H,44,48)/t27-,28+,31-,33+/m1/s1. The topological polar surface area (TPSA) is 153 Å². The lowest BCUT2D eigenvalue weighted by atomic mass is 9.85. The Kier molecular flexibility index (Phi) is 13.9. The number of fused-ring (bicyclic) bond motifs is 2. The highest BCUT2D eigenvalue weighted by Crippen LogP contribution is 2.32. The Morgan fingerprint density at radius 2 is 1.82 bits per heavy atom. The van der Waals surface area contributed by atoms with Crippen molar-refractivity contribution >= 4 is 44.9 Å². The van der Waals surface area contributed by atoms with Gasteiger partial charge in [-0.2, -0.15) is 0 Å². The summed E-state index contributed by atoms with van der Waals surface area (Å²) in [5.41, 5.74) is 8.74. The van der Waals surface area contributed by atoms with E-state index >= 15 is 0 Å². The van der Waals surface area contributed by atoms with Crippen molar-refractivity contribution in [3.05, 3.63) is 58.6 Å². The highest BCUT2D eigenvalue weighted by Gasteiger charge is 2.34. The van der Waals surface area contributed by atoms with Crippen molar-refractivity contribution in [3.8, 4) is 5.75 Å². The van der Waals surface area contributed by atoms with E-state index in [1.54, 1.807) is 6.92 Å². The van der Waals surface area contributed by atoms with Gasteiger partial charge in [-0.25, -0.2) is 4.98 Å². The van der Waals surface area contributed by atoms with Crippen LogP contribution in [-0.2, 0) is 25.6 Å². The molecule has 0 saturated carbocycles. The van der Waals surface area contributed by atoms with Gasteiger partial charge in [-0.05, 0) is 88.3 Å². The van der Waals surface area contributed by atoms with E-state index in [0.717, 1.165) is 70.9 Å². The van der Waals surface area contributed by atoms with Crippen molar-refractivity contribution in [2.75, 3.05) is 26.2 Å². The maximum absolute atomic E-state index is 14.3. The SMILES string of the molecule is CCC(=O)C[C@@H](Cc1nc2ccc(C)cc2s1)C(=O)N[C@@H](CC1CCNCC1)C(=O)C[C@@H](CCCCN)C(=O)N[C@@H]1CCOc2ccccc21. The first-order valence-electron chi connectivity index (χ1n) is 18.4. The number of thiazole rings is 1. The van der Waals surface area contributed by atoms with Gasteiger partial charge in [-0.15, -0.1) is 11.3 Å². The first-order chi connectivity index (χ1) is 24.2. The molecule has 11 heteroatoms. The van der Waals surface area contributed by atoms with Crippen molar-refractivity contribution in [1.82, 2.24) is 20.9 Å². The van der Waals surface area contributed by atoms with Crippen molar-refractivity contribution in [1.29, 1.82) is 0 Å². The molecule has 4 atom stereocenters. The molecule has 2 amide bonds. The van der Waals surface area contributed by atoms with E-state index in [-0.39, 0.29) is 48.2 Å². The summed E-state index contributed by atoms with van der Waals surface area (Å²) in [6.45, 7) is 6.57. The fourth-order valence-corrected chi connectivity index (χ4v) is 8.24. The van der Waals surface area contributed by atoms with Gasteiger partial charge in [0.1, 0.15) is 11.5 Å². The molecule has 1 aromatic heterocycles. The van der Waals surface area contributed by atoms with Crippen molar-refractivity contribution in [2.45, 2.75) is 96.6 Å².